The van der Waals surface area contributed by atoms with Crippen LogP contribution in [0.2, 0.25) is 5.02 Å². The number of fused-ring (bicyclic) bond motifs is 1. The van der Waals surface area contributed by atoms with E-state index >= 15 is 0 Å². The Hall–Kier alpha value is -1.98. The van der Waals surface area contributed by atoms with Gasteiger partial charge in [0.15, 0.2) is 0 Å². The number of thiazole rings is 1. The standard InChI is InChI=1S/C15H11ClN2O2S/c1-7-11(18-10-6-4-3-5-9(10)16)14(20)15-12(13(7)19)17-8(2)21-15/h3-6,18H,1-2H3. The average Bonchev–Trinajstić information content (AvgIpc) is 2.85. The molecule has 1 aromatic heterocycles. The first-order valence-corrected chi connectivity index (χ1v) is 7.47. The molecular weight excluding hydrogens is 308 g/mol. The number of carbonyl (C=O) groups is 2. The Kier molecular flexibility index (Phi) is 3.39. The molecule has 0 bridgehead atoms. The van der Waals surface area contributed by atoms with Gasteiger partial charge in [0.05, 0.1) is 21.4 Å². The van der Waals surface area contributed by atoms with Gasteiger partial charge in [-0.1, -0.05) is 23.7 Å². The third-order valence-electron chi connectivity index (χ3n) is 3.23. The monoisotopic (exact) mass is 318 g/mol. The van der Waals surface area contributed by atoms with Crippen LogP contribution in [0.3, 0.4) is 0 Å². The maximum atomic E-state index is 12.6. The molecule has 6 heteroatoms. The molecule has 1 aliphatic rings. The molecule has 106 valence electrons. The Morgan fingerprint density at radius 2 is 1.86 bits per heavy atom. The Morgan fingerprint density at radius 3 is 2.57 bits per heavy atom. The quantitative estimate of drug-likeness (QED) is 0.913. The van der Waals surface area contributed by atoms with Crippen LogP contribution < -0.4 is 5.32 Å². The number of anilines is 1. The van der Waals surface area contributed by atoms with E-state index in [1.165, 1.54) is 11.3 Å². The number of hydrogen-bond donors (Lipinski definition) is 1. The fourth-order valence-corrected chi connectivity index (χ4v) is 3.20. The van der Waals surface area contributed by atoms with Crippen LogP contribution in [0.4, 0.5) is 5.69 Å². The molecule has 4 nitrogen and oxygen atoms in total. The van der Waals surface area contributed by atoms with Gasteiger partial charge in [0.1, 0.15) is 10.6 Å². The van der Waals surface area contributed by atoms with Crippen molar-refractivity contribution in [3.63, 3.8) is 0 Å². The second-order valence-electron chi connectivity index (χ2n) is 4.67. The van der Waals surface area contributed by atoms with Crippen molar-refractivity contribution in [2.75, 3.05) is 5.32 Å². The number of aryl methyl sites for hydroxylation is 1. The zero-order valence-electron chi connectivity index (χ0n) is 11.4. The molecule has 1 aliphatic carbocycles. The second kappa shape index (κ2) is 5.09. The number of hydrogen-bond acceptors (Lipinski definition) is 5. The summed E-state index contributed by atoms with van der Waals surface area (Å²) in [5.74, 6) is -0.434. The molecule has 0 fully saturated rings. The van der Waals surface area contributed by atoms with E-state index in [1.807, 2.05) is 6.07 Å². The minimum atomic E-state index is -0.219. The maximum Gasteiger partial charge on any atom is 0.221 e. The highest BCUT2D eigenvalue weighted by Crippen LogP contribution is 2.32. The van der Waals surface area contributed by atoms with Gasteiger partial charge in [-0.25, -0.2) is 4.98 Å². The van der Waals surface area contributed by atoms with E-state index < -0.39 is 0 Å². The van der Waals surface area contributed by atoms with Gasteiger partial charge in [-0.2, -0.15) is 0 Å². The minimum Gasteiger partial charge on any atom is -0.351 e. The van der Waals surface area contributed by atoms with Crippen LogP contribution in [0.1, 0.15) is 32.1 Å². The number of carbonyl (C=O) groups excluding carboxylic acids is 2. The van der Waals surface area contributed by atoms with E-state index in [-0.39, 0.29) is 23.0 Å². The van der Waals surface area contributed by atoms with Crippen LogP contribution in [0.15, 0.2) is 35.5 Å². The second-order valence-corrected chi connectivity index (χ2v) is 6.28. The molecule has 1 heterocycles. The molecule has 0 unspecified atom stereocenters. The molecule has 2 aromatic rings. The summed E-state index contributed by atoms with van der Waals surface area (Å²) in [7, 11) is 0. The van der Waals surface area contributed by atoms with Crippen molar-refractivity contribution < 1.29 is 9.59 Å². The van der Waals surface area contributed by atoms with Crippen LogP contribution in [-0.2, 0) is 0 Å². The summed E-state index contributed by atoms with van der Waals surface area (Å²) in [5, 5.41) is 4.18. The molecule has 0 spiro atoms. The van der Waals surface area contributed by atoms with Gasteiger partial charge in [0.2, 0.25) is 11.6 Å². The number of aromatic nitrogens is 1. The SMILES string of the molecule is CC1=C(Nc2ccccc2Cl)C(=O)c2sc(C)nc2C1=O. The van der Waals surface area contributed by atoms with Crippen molar-refractivity contribution in [3.8, 4) is 0 Å². The molecule has 0 radical (unpaired) electrons. The molecule has 1 aromatic carbocycles. The summed E-state index contributed by atoms with van der Waals surface area (Å²) >= 11 is 7.32. The lowest BCUT2D eigenvalue weighted by molar-refractivity contribution is 0.0976. The lowest BCUT2D eigenvalue weighted by atomic mass is 9.97. The predicted molar refractivity (Wildman–Crippen MR) is 83.3 cm³/mol. The smallest absolute Gasteiger partial charge is 0.221 e. The van der Waals surface area contributed by atoms with Crippen LogP contribution in [-0.4, -0.2) is 16.6 Å². The highest BCUT2D eigenvalue weighted by molar-refractivity contribution is 7.14. The van der Waals surface area contributed by atoms with Crippen LogP contribution in [0.5, 0.6) is 0 Å². The van der Waals surface area contributed by atoms with E-state index in [4.69, 9.17) is 11.6 Å². The summed E-state index contributed by atoms with van der Waals surface area (Å²) in [6.07, 6.45) is 0. The number of rotatable bonds is 2. The fraction of sp³-hybridized carbons (Fsp3) is 0.133. The molecule has 0 aliphatic heterocycles. The number of para-hydroxylation sites is 1. The number of nitrogens with one attached hydrogen (secondary N) is 1. The zero-order chi connectivity index (χ0) is 15.1. The zero-order valence-corrected chi connectivity index (χ0v) is 12.9. The molecule has 0 atom stereocenters. The summed E-state index contributed by atoms with van der Waals surface area (Å²) in [4.78, 5) is 29.4. The van der Waals surface area contributed by atoms with Crippen molar-refractivity contribution in [2.45, 2.75) is 13.8 Å². The molecule has 0 saturated heterocycles. The average molecular weight is 319 g/mol. The lowest BCUT2D eigenvalue weighted by Crippen LogP contribution is -2.24. The number of halogens is 1. The Bertz CT molecular complexity index is 808. The number of nitrogens with zero attached hydrogens (tertiary/aromatic N) is 1. The van der Waals surface area contributed by atoms with Crippen molar-refractivity contribution in [1.82, 2.24) is 4.98 Å². The molecule has 1 N–H and O–H groups in total. The van der Waals surface area contributed by atoms with E-state index in [0.717, 1.165) is 0 Å². The Labute approximate surface area is 130 Å². The van der Waals surface area contributed by atoms with Gasteiger partial charge in [0, 0.05) is 5.57 Å². The Morgan fingerprint density at radius 1 is 1.14 bits per heavy atom. The lowest BCUT2D eigenvalue weighted by Gasteiger charge is -2.17. The molecule has 3 rings (SSSR count). The first-order valence-electron chi connectivity index (χ1n) is 6.28. The summed E-state index contributed by atoms with van der Waals surface area (Å²) in [6.45, 7) is 3.40. The highest BCUT2D eigenvalue weighted by Gasteiger charge is 2.33. The number of allylic oxidation sites excluding steroid dienone is 2. The van der Waals surface area contributed by atoms with Crippen LogP contribution >= 0.6 is 22.9 Å². The molecule has 0 amide bonds. The highest BCUT2D eigenvalue weighted by atomic mass is 35.5. The van der Waals surface area contributed by atoms with Crippen LogP contribution in [0.25, 0.3) is 0 Å². The fourth-order valence-electron chi connectivity index (χ4n) is 2.16. The van der Waals surface area contributed by atoms with Gasteiger partial charge in [-0.3, -0.25) is 9.59 Å². The van der Waals surface area contributed by atoms with Gasteiger partial charge in [0.25, 0.3) is 0 Å². The summed E-state index contributed by atoms with van der Waals surface area (Å²) < 4.78 is 0. The summed E-state index contributed by atoms with van der Waals surface area (Å²) in [6, 6.07) is 7.08. The Balaban J connectivity index is 2.06. The van der Waals surface area contributed by atoms with Gasteiger partial charge < -0.3 is 5.32 Å². The topological polar surface area (TPSA) is 59.1 Å². The van der Waals surface area contributed by atoms with Crippen molar-refractivity contribution in [1.29, 1.82) is 0 Å². The first-order chi connectivity index (χ1) is 9.99. The molecule has 21 heavy (non-hydrogen) atoms. The van der Waals surface area contributed by atoms with Gasteiger partial charge >= 0.3 is 0 Å². The third-order valence-corrected chi connectivity index (χ3v) is 4.53. The van der Waals surface area contributed by atoms with Crippen molar-refractivity contribution in [3.05, 3.63) is 56.1 Å². The number of ketones is 2. The van der Waals surface area contributed by atoms with E-state index in [0.29, 0.717) is 26.2 Å². The normalized spacial score (nSPS) is 14.4. The predicted octanol–water partition coefficient (Wildman–Crippen LogP) is 3.87. The minimum absolute atomic E-state index is 0.215. The van der Waals surface area contributed by atoms with Crippen molar-refractivity contribution >= 4 is 40.2 Å². The largest absolute Gasteiger partial charge is 0.351 e. The van der Waals surface area contributed by atoms with E-state index in [9.17, 15) is 9.59 Å². The van der Waals surface area contributed by atoms with E-state index in [2.05, 4.69) is 10.3 Å². The van der Waals surface area contributed by atoms with Crippen LogP contribution in [0, 0.1) is 6.92 Å². The third kappa shape index (κ3) is 2.28. The number of Topliss-reactive ketones (excluding diaryl/α,β-unsaturated/α-hetero) is 2. The van der Waals surface area contributed by atoms with Gasteiger partial charge in [-0.15, -0.1) is 11.3 Å². The van der Waals surface area contributed by atoms with Gasteiger partial charge in [-0.05, 0) is 26.0 Å². The molecule has 0 saturated carbocycles. The number of benzene rings is 1. The maximum absolute atomic E-state index is 12.6. The molecular formula is C15H11ClN2O2S. The first kappa shape index (κ1) is 14.0. The van der Waals surface area contributed by atoms with E-state index in [1.54, 1.807) is 32.0 Å². The summed E-state index contributed by atoms with van der Waals surface area (Å²) in [5.41, 5.74) is 1.48. The van der Waals surface area contributed by atoms with Crippen molar-refractivity contribution in [2.24, 2.45) is 0 Å².